The Balaban J connectivity index is 1.78. The highest BCUT2D eigenvalue weighted by atomic mass is 16.4. The van der Waals surface area contributed by atoms with E-state index < -0.39 is 11.4 Å². The fourth-order valence-electron chi connectivity index (χ4n) is 7.45. The minimum absolute atomic E-state index is 0.110. The Morgan fingerprint density at radius 1 is 1.22 bits per heavy atom. The maximum atomic E-state index is 12.0. The van der Waals surface area contributed by atoms with E-state index in [-0.39, 0.29) is 22.9 Å². The predicted octanol–water partition coefficient (Wildman–Crippen LogP) is 4.01. The van der Waals surface area contributed by atoms with Crippen LogP contribution in [-0.2, 0) is 4.79 Å². The summed E-state index contributed by atoms with van der Waals surface area (Å²) in [5.41, 5.74) is 1.04. The maximum Gasteiger partial charge on any atom is 0.309 e. The van der Waals surface area contributed by atoms with Gasteiger partial charge < -0.3 is 10.2 Å². The summed E-state index contributed by atoms with van der Waals surface area (Å²) in [7, 11) is 0. The van der Waals surface area contributed by atoms with Crippen molar-refractivity contribution in [3.8, 4) is 0 Å². The first-order chi connectivity index (χ1) is 10.7. The van der Waals surface area contributed by atoms with Gasteiger partial charge in [0.2, 0.25) is 0 Å². The van der Waals surface area contributed by atoms with Gasteiger partial charge in [0.25, 0.3) is 0 Å². The molecule has 5 aliphatic rings. The monoisotopic (exact) mass is 318 g/mol. The molecule has 128 valence electrons. The Hall–Kier alpha value is -0.830. The lowest BCUT2D eigenvalue weighted by Gasteiger charge is -2.66. The summed E-state index contributed by atoms with van der Waals surface area (Å²) in [5.74, 6) is 0.527. The number of aliphatic carboxylic acids is 1. The van der Waals surface area contributed by atoms with Crippen LogP contribution in [0.2, 0.25) is 0 Å². The lowest BCUT2D eigenvalue weighted by Crippen LogP contribution is -2.62. The van der Waals surface area contributed by atoms with Gasteiger partial charge in [-0.05, 0) is 75.0 Å². The predicted molar refractivity (Wildman–Crippen MR) is 88.8 cm³/mol. The number of hydrogen-bond donors (Lipinski definition) is 2. The van der Waals surface area contributed by atoms with Crippen molar-refractivity contribution in [3.63, 3.8) is 0 Å². The highest BCUT2D eigenvalue weighted by molar-refractivity contribution is 5.75. The first-order valence-corrected chi connectivity index (χ1v) is 9.34. The van der Waals surface area contributed by atoms with Crippen LogP contribution in [0.25, 0.3) is 0 Å². The third-order valence-electron chi connectivity index (χ3n) is 8.50. The molecule has 3 heteroatoms. The van der Waals surface area contributed by atoms with Crippen molar-refractivity contribution in [2.75, 3.05) is 0 Å². The third kappa shape index (κ3) is 1.83. The molecule has 3 saturated carbocycles. The quantitative estimate of drug-likeness (QED) is 0.718. The molecule has 5 aliphatic carbocycles. The first-order valence-electron chi connectivity index (χ1n) is 9.34. The molecule has 2 bridgehead atoms. The molecule has 0 radical (unpaired) electrons. The summed E-state index contributed by atoms with van der Waals surface area (Å²) in [6.45, 7) is 6.55. The molecule has 5 rings (SSSR count). The summed E-state index contributed by atoms with van der Waals surface area (Å²) in [6.07, 6.45) is 9.30. The lowest BCUT2D eigenvalue weighted by molar-refractivity contribution is -0.188. The first kappa shape index (κ1) is 15.7. The molecule has 0 aromatic carbocycles. The van der Waals surface area contributed by atoms with E-state index in [1.54, 1.807) is 0 Å². The van der Waals surface area contributed by atoms with Crippen LogP contribution in [0.3, 0.4) is 0 Å². The molecule has 0 heterocycles. The summed E-state index contributed by atoms with van der Waals surface area (Å²) in [5, 5.41) is 20.4. The van der Waals surface area contributed by atoms with Crippen LogP contribution in [0.1, 0.15) is 65.7 Å². The topological polar surface area (TPSA) is 57.5 Å². The summed E-state index contributed by atoms with van der Waals surface area (Å²) < 4.78 is 0. The van der Waals surface area contributed by atoms with Crippen LogP contribution in [0.15, 0.2) is 11.6 Å². The van der Waals surface area contributed by atoms with Gasteiger partial charge in [-0.25, -0.2) is 0 Å². The Bertz CT molecular complexity index is 581. The van der Waals surface area contributed by atoms with Gasteiger partial charge in [-0.2, -0.15) is 0 Å². The molecule has 1 spiro atoms. The third-order valence-corrected chi connectivity index (χ3v) is 8.50. The lowest BCUT2D eigenvalue weighted by atomic mass is 9.38. The van der Waals surface area contributed by atoms with E-state index in [1.165, 1.54) is 5.57 Å². The van der Waals surface area contributed by atoms with Crippen molar-refractivity contribution >= 4 is 5.97 Å². The Labute approximate surface area is 139 Å². The number of allylic oxidation sites excluding steroid dienone is 1. The average molecular weight is 318 g/mol. The van der Waals surface area contributed by atoms with E-state index in [4.69, 9.17) is 0 Å². The van der Waals surface area contributed by atoms with E-state index in [2.05, 4.69) is 19.9 Å². The second-order valence-corrected chi connectivity index (χ2v) is 9.46. The molecular formula is C20H30O3. The number of fused-ring (bicyclic) bond motifs is 2. The van der Waals surface area contributed by atoms with Crippen LogP contribution < -0.4 is 0 Å². The molecule has 6 unspecified atom stereocenters. The zero-order valence-electron chi connectivity index (χ0n) is 14.6. The standard InChI is InChI=1S/C20H30O3/c1-12-10-20-8-5-15-18(2,6-4-7-19(15,3)17(22)23)16(20)9-13(12)14(21)11-20/h10,13-16,21H,4-9,11H2,1-3H3,(H,22,23)/t13?,14-,15?,16?,18?,19?,20?/m1/s1. The van der Waals surface area contributed by atoms with E-state index in [0.29, 0.717) is 11.8 Å². The molecule has 23 heavy (non-hydrogen) atoms. The van der Waals surface area contributed by atoms with Gasteiger partial charge >= 0.3 is 5.97 Å². The largest absolute Gasteiger partial charge is 0.481 e. The van der Waals surface area contributed by atoms with Crippen LogP contribution in [0, 0.1) is 34.0 Å². The van der Waals surface area contributed by atoms with Crippen molar-refractivity contribution < 1.29 is 15.0 Å². The second kappa shape index (κ2) is 4.62. The van der Waals surface area contributed by atoms with Gasteiger partial charge in [-0.15, -0.1) is 0 Å². The van der Waals surface area contributed by atoms with Gasteiger partial charge in [0.05, 0.1) is 11.5 Å². The number of carboxylic acids is 1. The smallest absolute Gasteiger partial charge is 0.309 e. The van der Waals surface area contributed by atoms with E-state index in [0.717, 1.165) is 44.9 Å². The molecular weight excluding hydrogens is 288 g/mol. The molecule has 0 saturated heterocycles. The van der Waals surface area contributed by atoms with E-state index >= 15 is 0 Å². The molecule has 0 aromatic heterocycles. The molecule has 2 N–H and O–H groups in total. The zero-order chi connectivity index (χ0) is 16.6. The van der Waals surface area contributed by atoms with Crippen molar-refractivity contribution in [2.45, 2.75) is 71.8 Å². The van der Waals surface area contributed by atoms with Crippen molar-refractivity contribution in [1.82, 2.24) is 0 Å². The van der Waals surface area contributed by atoms with Crippen molar-refractivity contribution in [1.29, 1.82) is 0 Å². The van der Waals surface area contributed by atoms with Gasteiger partial charge in [-0.3, -0.25) is 4.79 Å². The van der Waals surface area contributed by atoms with Crippen molar-refractivity contribution in [2.24, 2.45) is 34.0 Å². The molecule has 3 fully saturated rings. The fraction of sp³-hybridized carbons (Fsp3) is 0.850. The fourth-order valence-corrected chi connectivity index (χ4v) is 7.45. The van der Waals surface area contributed by atoms with Gasteiger partial charge in [0.1, 0.15) is 0 Å². The Morgan fingerprint density at radius 3 is 2.61 bits per heavy atom. The second-order valence-electron chi connectivity index (χ2n) is 9.46. The Morgan fingerprint density at radius 2 is 1.96 bits per heavy atom. The normalized spacial score (nSPS) is 54.9. The number of aliphatic hydroxyl groups excluding tert-OH is 1. The van der Waals surface area contributed by atoms with Crippen LogP contribution in [0.5, 0.6) is 0 Å². The van der Waals surface area contributed by atoms with Crippen LogP contribution >= 0.6 is 0 Å². The number of carbonyl (C=O) groups is 1. The average Bonchev–Trinajstić information content (AvgIpc) is 2.45. The van der Waals surface area contributed by atoms with Gasteiger partial charge in [-0.1, -0.05) is 25.0 Å². The molecule has 0 amide bonds. The highest BCUT2D eigenvalue weighted by Crippen LogP contribution is 2.70. The summed E-state index contributed by atoms with van der Waals surface area (Å²) in [4.78, 5) is 12.0. The highest BCUT2D eigenvalue weighted by Gasteiger charge is 2.65. The minimum Gasteiger partial charge on any atom is -0.481 e. The number of carboxylic acid groups (broad SMARTS) is 1. The molecule has 7 atom stereocenters. The molecule has 3 nitrogen and oxygen atoms in total. The molecule has 0 aliphatic heterocycles. The molecule has 0 aromatic rings. The SMILES string of the molecule is CC1=CC23CCC4C(C)(C(=O)O)CCCC4(C)C2CC1[C@H](O)C3. The van der Waals surface area contributed by atoms with E-state index in [9.17, 15) is 15.0 Å². The zero-order valence-corrected chi connectivity index (χ0v) is 14.6. The number of aliphatic hydroxyl groups is 1. The van der Waals surface area contributed by atoms with E-state index in [1.807, 2.05) is 6.92 Å². The minimum atomic E-state index is -0.600. The summed E-state index contributed by atoms with van der Waals surface area (Å²) in [6, 6.07) is 0. The van der Waals surface area contributed by atoms with Crippen LogP contribution in [-0.4, -0.2) is 22.3 Å². The van der Waals surface area contributed by atoms with Gasteiger partial charge in [0.15, 0.2) is 0 Å². The Kier molecular flexibility index (Phi) is 3.15. The summed E-state index contributed by atoms with van der Waals surface area (Å²) >= 11 is 0. The number of hydrogen-bond acceptors (Lipinski definition) is 2. The number of rotatable bonds is 1. The van der Waals surface area contributed by atoms with Crippen molar-refractivity contribution in [3.05, 3.63) is 11.6 Å². The van der Waals surface area contributed by atoms with Crippen LogP contribution in [0.4, 0.5) is 0 Å². The van der Waals surface area contributed by atoms with Gasteiger partial charge in [0, 0.05) is 5.92 Å². The maximum absolute atomic E-state index is 12.0.